The summed E-state index contributed by atoms with van der Waals surface area (Å²) in [4.78, 5) is 31.8. The number of hydrogen-bond donors (Lipinski definition) is 2. The minimum atomic E-state index is -0.574. The first-order chi connectivity index (χ1) is 13.9. The van der Waals surface area contributed by atoms with Gasteiger partial charge < -0.3 is 16.4 Å². The van der Waals surface area contributed by atoms with Crippen LogP contribution in [0.3, 0.4) is 0 Å². The van der Waals surface area contributed by atoms with Crippen molar-refractivity contribution >= 4 is 22.8 Å². The van der Waals surface area contributed by atoms with Crippen molar-refractivity contribution in [2.45, 2.75) is 25.4 Å². The predicted octanol–water partition coefficient (Wildman–Crippen LogP) is 1.61. The van der Waals surface area contributed by atoms with Gasteiger partial charge in [0.05, 0.1) is 17.4 Å². The lowest BCUT2D eigenvalue weighted by molar-refractivity contribution is 0.0999. The molecule has 1 saturated heterocycles. The van der Waals surface area contributed by atoms with Gasteiger partial charge in [-0.15, -0.1) is 0 Å². The Kier molecular flexibility index (Phi) is 5.02. The van der Waals surface area contributed by atoms with Gasteiger partial charge in [0.2, 0.25) is 11.9 Å². The van der Waals surface area contributed by atoms with Crippen LogP contribution in [0.2, 0.25) is 0 Å². The number of carbonyl (C=O) groups excluding carboxylic acids is 1. The number of halogens is 1. The number of rotatable bonds is 4. The van der Waals surface area contributed by atoms with Crippen molar-refractivity contribution in [3.8, 4) is 0 Å². The highest BCUT2D eigenvalue weighted by molar-refractivity contribution is 5.94. The van der Waals surface area contributed by atoms with Gasteiger partial charge in [0.1, 0.15) is 5.82 Å². The molecule has 0 bridgehead atoms. The number of piperidine rings is 1. The highest BCUT2D eigenvalue weighted by Gasteiger charge is 2.23. The SMILES string of the molecule is NC(=O)c1ccccc1Cn1c(N2CCC[C@@H](N)C2)nc2ccc(F)cc2c1=O. The molecular formula is C21H22FN5O2. The third-order valence-electron chi connectivity index (χ3n) is 5.25. The van der Waals surface area contributed by atoms with Crippen LogP contribution in [0, 0.1) is 5.82 Å². The Balaban J connectivity index is 1.90. The topological polar surface area (TPSA) is 107 Å². The van der Waals surface area contributed by atoms with Gasteiger partial charge in [-0.3, -0.25) is 14.2 Å². The number of carbonyl (C=O) groups is 1. The number of primary amides is 1. The summed E-state index contributed by atoms with van der Waals surface area (Å²) in [6.07, 6.45) is 1.79. The molecule has 0 radical (unpaired) electrons. The van der Waals surface area contributed by atoms with Gasteiger partial charge in [-0.1, -0.05) is 18.2 Å². The van der Waals surface area contributed by atoms with Crippen LogP contribution in [0.1, 0.15) is 28.8 Å². The standard InChI is InChI=1S/C21H22FN5O2/c22-14-7-8-18-17(10-14)20(29)27(11-13-4-1-2-6-16(13)19(24)28)21(25-18)26-9-3-5-15(23)12-26/h1-2,4,6-8,10,15H,3,5,9,11-12,23H2,(H2,24,28)/t15-/m1/s1. The summed E-state index contributed by atoms with van der Waals surface area (Å²) in [5.41, 5.74) is 12.6. The largest absolute Gasteiger partial charge is 0.366 e. The lowest BCUT2D eigenvalue weighted by Crippen LogP contribution is -2.45. The fraction of sp³-hybridized carbons (Fsp3) is 0.286. The molecule has 1 amide bonds. The monoisotopic (exact) mass is 395 g/mol. The van der Waals surface area contributed by atoms with E-state index in [-0.39, 0.29) is 23.5 Å². The Hall–Kier alpha value is -3.26. The summed E-state index contributed by atoms with van der Waals surface area (Å²) in [6, 6.07) is 10.8. The molecule has 29 heavy (non-hydrogen) atoms. The van der Waals surface area contributed by atoms with E-state index in [1.807, 2.05) is 4.90 Å². The summed E-state index contributed by atoms with van der Waals surface area (Å²) >= 11 is 0. The van der Waals surface area contributed by atoms with Gasteiger partial charge in [0.15, 0.2) is 0 Å². The summed E-state index contributed by atoms with van der Waals surface area (Å²) < 4.78 is 15.3. The van der Waals surface area contributed by atoms with Crippen molar-refractivity contribution in [1.82, 2.24) is 9.55 Å². The molecule has 0 aliphatic carbocycles. The minimum Gasteiger partial charge on any atom is -0.366 e. The van der Waals surface area contributed by atoms with E-state index < -0.39 is 11.7 Å². The molecule has 3 aromatic rings. The number of nitrogens with zero attached hydrogens (tertiary/aromatic N) is 3. The molecule has 0 unspecified atom stereocenters. The second kappa shape index (κ2) is 7.63. The van der Waals surface area contributed by atoms with E-state index >= 15 is 0 Å². The number of anilines is 1. The zero-order valence-corrected chi connectivity index (χ0v) is 15.8. The smallest absolute Gasteiger partial charge is 0.263 e. The van der Waals surface area contributed by atoms with Gasteiger partial charge in [-0.2, -0.15) is 0 Å². The van der Waals surface area contributed by atoms with Crippen molar-refractivity contribution in [3.05, 3.63) is 69.8 Å². The second-order valence-corrected chi connectivity index (χ2v) is 7.33. The van der Waals surface area contributed by atoms with Crippen LogP contribution in [0.5, 0.6) is 0 Å². The molecule has 1 aromatic heterocycles. The molecule has 2 aromatic carbocycles. The summed E-state index contributed by atoms with van der Waals surface area (Å²) in [5.74, 6) is -0.619. The first-order valence-corrected chi connectivity index (χ1v) is 9.52. The van der Waals surface area contributed by atoms with Crippen molar-refractivity contribution < 1.29 is 9.18 Å². The van der Waals surface area contributed by atoms with Gasteiger partial charge >= 0.3 is 0 Å². The molecule has 7 nitrogen and oxygen atoms in total. The molecular weight excluding hydrogens is 373 g/mol. The number of aromatic nitrogens is 2. The summed E-state index contributed by atoms with van der Waals surface area (Å²) in [5, 5.41) is 0.187. The maximum Gasteiger partial charge on any atom is 0.263 e. The molecule has 1 fully saturated rings. The predicted molar refractivity (Wildman–Crippen MR) is 109 cm³/mol. The van der Waals surface area contributed by atoms with E-state index in [2.05, 4.69) is 4.98 Å². The average molecular weight is 395 g/mol. The first-order valence-electron chi connectivity index (χ1n) is 9.52. The Morgan fingerprint density at radius 1 is 1.24 bits per heavy atom. The van der Waals surface area contributed by atoms with Gasteiger partial charge in [0.25, 0.3) is 5.56 Å². The van der Waals surface area contributed by atoms with E-state index in [9.17, 15) is 14.0 Å². The lowest BCUT2D eigenvalue weighted by Gasteiger charge is -2.33. The third kappa shape index (κ3) is 3.71. The summed E-state index contributed by atoms with van der Waals surface area (Å²) in [6.45, 7) is 1.37. The lowest BCUT2D eigenvalue weighted by atomic mass is 10.1. The van der Waals surface area contributed by atoms with Crippen LogP contribution in [0.4, 0.5) is 10.3 Å². The molecule has 150 valence electrons. The van der Waals surface area contributed by atoms with E-state index in [1.165, 1.54) is 22.8 Å². The molecule has 2 heterocycles. The molecule has 1 atom stereocenters. The van der Waals surface area contributed by atoms with E-state index in [4.69, 9.17) is 11.5 Å². The van der Waals surface area contributed by atoms with Crippen molar-refractivity contribution in [2.24, 2.45) is 11.5 Å². The maximum atomic E-state index is 13.8. The van der Waals surface area contributed by atoms with Crippen LogP contribution in [-0.4, -0.2) is 34.6 Å². The van der Waals surface area contributed by atoms with Crippen LogP contribution in [0.15, 0.2) is 47.3 Å². The Morgan fingerprint density at radius 3 is 2.79 bits per heavy atom. The minimum absolute atomic E-state index is 0.0177. The number of hydrogen-bond acceptors (Lipinski definition) is 5. The first kappa shape index (κ1) is 19.1. The van der Waals surface area contributed by atoms with Crippen LogP contribution in [0.25, 0.3) is 10.9 Å². The summed E-state index contributed by atoms with van der Waals surface area (Å²) in [7, 11) is 0. The quantitative estimate of drug-likeness (QED) is 0.698. The van der Waals surface area contributed by atoms with Crippen molar-refractivity contribution in [1.29, 1.82) is 0 Å². The average Bonchev–Trinajstić information content (AvgIpc) is 2.70. The normalized spacial score (nSPS) is 16.9. The number of nitrogens with two attached hydrogens (primary N) is 2. The van der Waals surface area contributed by atoms with Crippen LogP contribution < -0.4 is 21.9 Å². The fourth-order valence-electron chi connectivity index (χ4n) is 3.83. The Bertz CT molecular complexity index is 1140. The van der Waals surface area contributed by atoms with Gasteiger partial charge in [-0.25, -0.2) is 9.37 Å². The molecule has 0 saturated carbocycles. The Morgan fingerprint density at radius 2 is 2.03 bits per heavy atom. The molecule has 0 spiro atoms. The molecule has 8 heteroatoms. The number of amides is 1. The Labute approximate surface area is 166 Å². The highest BCUT2D eigenvalue weighted by atomic mass is 19.1. The fourth-order valence-corrected chi connectivity index (χ4v) is 3.83. The van der Waals surface area contributed by atoms with Gasteiger partial charge in [0, 0.05) is 24.7 Å². The van der Waals surface area contributed by atoms with Gasteiger partial charge in [-0.05, 0) is 42.7 Å². The van der Waals surface area contributed by atoms with Crippen molar-refractivity contribution in [2.75, 3.05) is 18.0 Å². The molecule has 4 rings (SSSR count). The maximum absolute atomic E-state index is 13.8. The molecule has 1 aliphatic rings. The molecule has 1 aliphatic heterocycles. The number of benzene rings is 2. The molecule has 4 N–H and O–H groups in total. The van der Waals surface area contributed by atoms with Crippen molar-refractivity contribution in [3.63, 3.8) is 0 Å². The van der Waals surface area contributed by atoms with Crippen LogP contribution in [-0.2, 0) is 6.54 Å². The zero-order valence-electron chi connectivity index (χ0n) is 15.8. The number of fused-ring (bicyclic) bond motifs is 1. The van der Waals surface area contributed by atoms with E-state index in [1.54, 1.807) is 24.3 Å². The van der Waals surface area contributed by atoms with E-state index in [0.29, 0.717) is 35.7 Å². The second-order valence-electron chi connectivity index (χ2n) is 7.33. The zero-order chi connectivity index (χ0) is 20.5. The highest BCUT2D eigenvalue weighted by Crippen LogP contribution is 2.21. The van der Waals surface area contributed by atoms with Crippen LogP contribution >= 0.6 is 0 Å². The van der Waals surface area contributed by atoms with E-state index in [0.717, 1.165) is 12.8 Å². The third-order valence-corrected chi connectivity index (χ3v) is 5.25.